The summed E-state index contributed by atoms with van der Waals surface area (Å²) in [6, 6.07) is 25.4. The van der Waals surface area contributed by atoms with Crippen molar-refractivity contribution in [1.82, 2.24) is 0 Å². The third-order valence-corrected chi connectivity index (χ3v) is 12.7. The molecule has 0 amide bonds. The lowest BCUT2D eigenvalue weighted by Gasteiger charge is -2.14. The second-order valence-electron chi connectivity index (χ2n) is 16.2. The van der Waals surface area contributed by atoms with Crippen LogP contribution in [0.5, 0.6) is 0 Å². The maximum atomic E-state index is 9.84. The predicted octanol–water partition coefficient (Wildman–Crippen LogP) is 17.9. The number of furan rings is 2. The summed E-state index contributed by atoms with van der Waals surface area (Å²) < 4.78 is 163. The van der Waals surface area contributed by atoms with Crippen molar-refractivity contribution in [2.45, 2.75) is 0 Å². The SMILES string of the molecule is [2H]c1c([2H])c(-c2c([2H])c([2H])c3oc4c([2H])c([2H])c(-c5ccc6ccc7cccc8ccc5c6c78)c([2H])c4c3c2[2H])c([2H])c(-c2c([2H])c([2H])c3oc4c([2H])c([2H])c(-c5ccc6ccc7cccc8ccc5c6c78)c([2H])c4c3c2[2H])c1[2H]. The van der Waals surface area contributed by atoms with Crippen LogP contribution in [0.15, 0.2) is 215 Å². The fourth-order valence-corrected chi connectivity index (χ4v) is 9.81. The Labute approximate surface area is 389 Å². The van der Waals surface area contributed by atoms with E-state index in [0.717, 1.165) is 53.9 Å². The first-order valence-electron chi connectivity index (χ1n) is 28.8. The molecule has 15 rings (SSSR count). The van der Waals surface area contributed by atoms with Crippen molar-refractivity contribution in [3.63, 3.8) is 0 Å². The summed E-state index contributed by atoms with van der Waals surface area (Å²) in [6.07, 6.45) is 0. The van der Waals surface area contributed by atoms with Gasteiger partial charge in [-0.15, -0.1) is 0 Å². The Morgan fingerprint density at radius 1 is 0.266 bits per heavy atom. The minimum atomic E-state index is -0.842. The molecule has 0 radical (unpaired) electrons. The van der Waals surface area contributed by atoms with Gasteiger partial charge in [0.25, 0.3) is 0 Å². The molecule has 0 unspecified atom stereocenters. The summed E-state index contributed by atoms with van der Waals surface area (Å²) in [4.78, 5) is 0. The minimum Gasteiger partial charge on any atom is -0.456 e. The molecule has 0 bridgehead atoms. The fraction of sp³-hybridized carbons (Fsp3) is 0. The van der Waals surface area contributed by atoms with Crippen LogP contribution in [0.1, 0.15) is 21.9 Å². The topological polar surface area (TPSA) is 26.3 Å². The Kier molecular flexibility index (Phi) is 4.43. The quantitative estimate of drug-likeness (QED) is 0.165. The first kappa shape index (κ1) is 22.6. The average Bonchev–Trinajstić information content (AvgIpc) is 3.27. The largest absolute Gasteiger partial charge is 0.456 e. The number of hydrogen-bond donors (Lipinski definition) is 0. The average molecular weight is 827 g/mol. The lowest BCUT2D eigenvalue weighted by molar-refractivity contribution is 0.668. The highest BCUT2D eigenvalue weighted by Crippen LogP contribution is 2.44. The summed E-state index contributed by atoms with van der Waals surface area (Å²) >= 11 is 0. The summed E-state index contributed by atoms with van der Waals surface area (Å²) in [5.41, 5.74) is -2.67. The molecule has 0 aliphatic carbocycles. The normalized spacial score (nSPS) is 15.9. The van der Waals surface area contributed by atoms with Gasteiger partial charge in [0.2, 0.25) is 0 Å². The zero-order chi connectivity index (χ0) is 55.5. The van der Waals surface area contributed by atoms with Crippen molar-refractivity contribution < 1.29 is 30.8 Å². The highest BCUT2D eigenvalue weighted by Gasteiger charge is 2.17. The zero-order valence-electron chi connectivity index (χ0n) is 49.2. The van der Waals surface area contributed by atoms with E-state index >= 15 is 0 Å². The van der Waals surface area contributed by atoms with Gasteiger partial charge in [0, 0.05) is 21.5 Å². The van der Waals surface area contributed by atoms with Crippen molar-refractivity contribution in [2.24, 2.45) is 0 Å². The smallest absolute Gasteiger partial charge is 0.135 e. The van der Waals surface area contributed by atoms with Gasteiger partial charge in [-0.2, -0.15) is 0 Å². The van der Waals surface area contributed by atoms with Gasteiger partial charge in [-0.05, 0) is 164 Å². The van der Waals surface area contributed by atoms with Gasteiger partial charge in [-0.25, -0.2) is 0 Å². The molecule has 0 fully saturated rings. The summed E-state index contributed by atoms with van der Waals surface area (Å²) in [5.74, 6) is 0. The highest BCUT2D eigenvalue weighted by atomic mass is 16.3. The molecular formula is C62H34O2. The number of benzene rings is 13. The van der Waals surface area contributed by atoms with Crippen molar-refractivity contribution in [1.29, 1.82) is 0 Å². The van der Waals surface area contributed by atoms with Crippen LogP contribution in [0.25, 0.3) is 153 Å². The van der Waals surface area contributed by atoms with Crippen molar-refractivity contribution >= 4 is 109 Å². The minimum absolute atomic E-state index is 0.0388. The number of hydrogen-bond acceptors (Lipinski definition) is 2. The monoisotopic (exact) mass is 826 g/mol. The molecule has 64 heavy (non-hydrogen) atoms. The fourth-order valence-electron chi connectivity index (χ4n) is 9.81. The van der Waals surface area contributed by atoms with Crippen molar-refractivity contribution in [3.8, 4) is 44.5 Å². The van der Waals surface area contributed by atoms with E-state index < -0.39 is 94.8 Å². The molecule has 0 aliphatic rings. The van der Waals surface area contributed by atoms with Crippen LogP contribution in [-0.2, 0) is 0 Å². The van der Waals surface area contributed by atoms with Crippen LogP contribution in [-0.4, -0.2) is 0 Å². The third kappa shape index (κ3) is 4.80. The Morgan fingerprint density at radius 2 is 0.594 bits per heavy atom. The second-order valence-corrected chi connectivity index (χ2v) is 16.2. The Bertz CT molecular complexity index is 5030. The molecule has 0 saturated heterocycles. The second kappa shape index (κ2) is 12.6. The lowest BCUT2D eigenvalue weighted by Crippen LogP contribution is -1.87. The van der Waals surface area contributed by atoms with Gasteiger partial charge in [0.05, 0.1) is 21.9 Å². The molecule has 294 valence electrons. The molecule has 2 nitrogen and oxygen atoms in total. The Balaban J connectivity index is 0.974. The molecule has 15 aromatic rings. The number of fused-ring (bicyclic) bond motifs is 6. The molecule has 0 saturated carbocycles. The maximum absolute atomic E-state index is 9.84. The molecule has 2 heteroatoms. The Morgan fingerprint density at radius 3 is 1.02 bits per heavy atom. The first-order chi connectivity index (χ1) is 38.4. The summed E-state index contributed by atoms with van der Waals surface area (Å²) in [5, 5.41) is 10.2. The first-order valence-corrected chi connectivity index (χ1v) is 20.8. The maximum Gasteiger partial charge on any atom is 0.135 e. The van der Waals surface area contributed by atoms with E-state index in [1.165, 1.54) is 0 Å². The van der Waals surface area contributed by atoms with Gasteiger partial charge in [-0.3, -0.25) is 0 Å². The van der Waals surface area contributed by atoms with E-state index in [-0.39, 0.29) is 79.2 Å². The zero-order valence-corrected chi connectivity index (χ0v) is 33.2. The van der Waals surface area contributed by atoms with E-state index in [4.69, 9.17) is 10.2 Å². The van der Waals surface area contributed by atoms with E-state index in [2.05, 4.69) is 0 Å². The molecule has 13 aromatic carbocycles. The van der Waals surface area contributed by atoms with E-state index in [1.54, 1.807) is 12.1 Å². The van der Waals surface area contributed by atoms with Gasteiger partial charge in [-0.1, -0.05) is 151 Å². The number of rotatable bonds is 4. The molecular weight excluding hydrogens is 777 g/mol. The van der Waals surface area contributed by atoms with Crippen LogP contribution >= 0.6 is 0 Å². The molecule has 0 spiro atoms. The predicted molar refractivity (Wildman–Crippen MR) is 270 cm³/mol. The van der Waals surface area contributed by atoms with Crippen molar-refractivity contribution in [2.75, 3.05) is 0 Å². The highest BCUT2D eigenvalue weighted by molar-refractivity contribution is 6.27. The van der Waals surface area contributed by atoms with Crippen LogP contribution in [0.4, 0.5) is 0 Å². The van der Waals surface area contributed by atoms with Crippen molar-refractivity contribution in [3.05, 3.63) is 206 Å². The molecule has 0 N–H and O–H groups in total. The summed E-state index contributed by atoms with van der Waals surface area (Å²) in [7, 11) is 0. The van der Waals surface area contributed by atoms with E-state index in [9.17, 15) is 20.6 Å². The third-order valence-electron chi connectivity index (χ3n) is 12.7. The van der Waals surface area contributed by atoms with Gasteiger partial charge < -0.3 is 8.83 Å². The Hall–Kier alpha value is -8.46. The van der Waals surface area contributed by atoms with Crippen LogP contribution in [0.2, 0.25) is 0 Å². The van der Waals surface area contributed by atoms with E-state index in [1.807, 2.05) is 97.1 Å². The summed E-state index contributed by atoms with van der Waals surface area (Å²) in [6.45, 7) is 0. The standard InChI is InChI=1S/C62H34O2/c1-4-35-10-12-39-14-22-47(49-24-16-37(6-1)59(35)61(39)49)45-20-28-57-53(33-45)51-31-43(18-26-55(51)63-57)41-8-3-9-42(30-41)44-19-27-56-52(32-44)54-34-46(21-29-58(54)64-56)48-23-15-40-13-11-36-5-2-7-38-17-25-50(48)62(40)60(36)38/h1-34H/i3D,8D,9D,18D,19D,20D,21D,26D,27D,28D,29D,30D,31D,32D,33D,34D. The molecule has 2 aromatic heterocycles. The lowest BCUT2D eigenvalue weighted by atomic mass is 9.89. The van der Waals surface area contributed by atoms with E-state index in [0.29, 0.717) is 21.9 Å². The van der Waals surface area contributed by atoms with Gasteiger partial charge in [0.1, 0.15) is 22.3 Å². The molecule has 2 heterocycles. The van der Waals surface area contributed by atoms with Crippen LogP contribution < -0.4 is 0 Å². The van der Waals surface area contributed by atoms with Crippen LogP contribution in [0.3, 0.4) is 0 Å². The van der Waals surface area contributed by atoms with Gasteiger partial charge in [0.15, 0.2) is 0 Å². The molecule has 0 atom stereocenters. The van der Waals surface area contributed by atoms with Crippen LogP contribution in [0, 0.1) is 0 Å². The molecule has 0 aliphatic heterocycles. The van der Waals surface area contributed by atoms with Gasteiger partial charge >= 0.3 is 0 Å².